The second-order valence-electron chi connectivity index (χ2n) is 29.5. The van der Waals surface area contributed by atoms with Crippen molar-refractivity contribution in [3.63, 3.8) is 0 Å². The van der Waals surface area contributed by atoms with E-state index in [0.29, 0.717) is 39.0 Å². The summed E-state index contributed by atoms with van der Waals surface area (Å²) >= 11 is -0.401. The number of nitrogens with zero attached hydrogens (tertiary/aromatic N) is 3. The molecule has 24 nitrogen and oxygen atoms in total. The van der Waals surface area contributed by atoms with Crippen molar-refractivity contribution >= 4 is 92.4 Å². The van der Waals surface area contributed by atoms with E-state index in [9.17, 15) is 63.6 Å². The molecule has 0 aliphatic carbocycles. The Hall–Kier alpha value is -9.13. The van der Waals surface area contributed by atoms with Crippen LogP contribution in [0.1, 0.15) is 104 Å². The van der Waals surface area contributed by atoms with Crippen LogP contribution in [0.15, 0.2) is 164 Å². The van der Waals surface area contributed by atoms with Crippen LogP contribution >= 0.6 is 0 Å². The zero-order chi connectivity index (χ0) is 78.9. The number of esters is 5. The number of aliphatic hydroxyl groups is 3. The molecule has 26 heteroatoms. The normalized spacial score (nSPS) is 22.4. The number of aliphatic hydroxyl groups excluding tert-OH is 3. The van der Waals surface area contributed by atoms with Crippen molar-refractivity contribution in [2.45, 2.75) is 152 Å². The third-order valence-electron chi connectivity index (χ3n) is 18.9. The molecule has 10 rings (SSSR count). The molecule has 4 N–H and O–H groups in total. The first-order valence-electron chi connectivity index (χ1n) is 35.6. The molecule has 0 spiro atoms. The number of aliphatic carboxylic acids is 1. The summed E-state index contributed by atoms with van der Waals surface area (Å²) in [4.78, 5) is 127. The molecule has 6 aromatic carbocycles. The maximum Gasteiger partial charge on any atom is 0.344 e. The predicted octanol–water partition coefficient (Wildman–Crippen LogP) is 7.48. The average molecular weight is 1620 g/mol. The minimum Gasteiger partial charge on any atom is -0.497 e. The molecule has 4 saturated heterocycles. The minimum atomic E-state index is -2.22. The van der Waals surface area contributed by atoms with Gasteiger partial charge in [-0.2, -0.15) is 0 Å². The van der Waals surface area contributed by atoms with Crippen LogP contribution in [0.25, 0.3) is 0 Å². The number of hydrogen-bond donors (Lipinski definition) is 4. The van der Waals surface area contributed by atoms with E-state index in [1.807, 2.05) is 91.0 Å². The monoisotopic (exact) mass is 1620 g/mol. The molecule has 580 valence electrons. The maximum absolute atomic E-state index is 14.5. The molecule has 9 atom stereocenters. The molecule has 4 aliphatic heterocycles. The molecule has 0 radical (unpaired) electrons. The summed E-state index contributed by atoms with van der Waals surface area (Å²) in [6.07, 6.45) is 0.305. The first kappa shape index (κ1) is 84.5. The Morgan fingerprint density at radius 2 is 0.787 bits per heavy atom. The fourth-order valence-electron chi connectivity index (χ4n) is 14.0. The number of carboxylic acids is 1. The summed E-state index contributed by atoms with van der Waals surface area (Å²) in [5, 5.41) is 40.6. The van der Waals surface area contributed by atoms with Crippen molar-refractivity contribution in [3.05, 3.63) is 186 Å². The fourth-order valence-corrected chi connectivity index (χ4v) is 19.0. The number of ether oxygens (including phenoxy) is 8. The van der Waals surface area contributed by atoms with Gasteiger partial charge in [0.25, 0.3) is 0 Å². The number of amides is 3. The van der Waals surface area contributed by atoms with Crippen LogP contribution in [0.5, 0.6) is 17.2 Å². The zero-order valence-electron chi connectivity index (χ0n) is 63.1. The van der Waals surface area contributed by atoms with Crippen LogP contribution in [0.4, 0.5) is 0 Å². The number of carbonyl (C=O) groups is 9. The van der Waals surface area contributed by atoms with Crippen molar-refractivity contribution in [1.82, 2.24) is 14.7 Å². The van der Waals surface area contributed by atoms with E-state index in [1.54, 1.807) is 149 Å². The van der Waals surface area contributed by atoms with Crippen molar-refractivity contribution in [3.8, 4) is 17.2 Å². The Balaban J connectivity index is 0.000000208. The van der Waals surface area contributed by atoms with E-state index < -0.39 is 111 Å². The van der Waals surface area contributed by atoms with Crippen molar-refractivity contribution in [2.24, 2.45) is 35.5 Å². The maximum atomic E-state index is 14.5. The number of hydrogen-bond acceptors (Lipinski definition) is 20. The third kappa shape index (κ3) is 19.3. The number of rotatable bonds is 28. The van der Waals surface area contributed by atoms with E-state index in [1.165, 1.54) is 16.9 Å². The summed E-state index contributed by atoms with van der Waals surface area (Å²) in [5.74, 6) is -9.60. The van der Waals surface area contributed by atoms with Crippen LogP contribution < -0.4 is 23.1 Å². The van der Waals surface area contributed by atoms with E-state index in [4.69, 9.17) is 37.9 Å². The molecule has 3 amide bonds. The van der Waals surface area contributed by atoms with Gasteiger partial charge in [-0.1, -0.05) is 12.1 Å². The quantitative estimate of drug-likeness (QED) is 0.0160. The number of methoxy groups -OCH3 is 3. The standard InChI is InChI=1S/C34H39NO7Se.C27H33NO7Se.C21H27NO7/c1-33(2,3)42-32(39)34(31(38)41-22-25-11-7-5-8-12-25)29(23-43-27-13-9-6-10-14-27)28(19-20-36)30(37)35(34)21-24-15-17-26(40-4)18-16-24;1-26(2,3)35-25(33)27(24(31)32)22(17-36-20-8-6-5-7-9-20)21(14-15-29)23(30)28(27)16-18-10-12-19(34-4)13-11-18;1-20(2,3)29-19(26)21-16(12-28-18(21)25)15(9-10-23)17(24)22(21)11-13-5-7-14(27-4)8-6-13/h5-18,28-29,36H,19-23H2,1-4H3;5-13,21-22,29H,14-17H2,1-4H3,(H,31,32);5-8,15-16,23H,9-12H2,1-4H3/t28-,29-,34+;21-,22-,27+;15-,16-,21+/m111/s1. The largest absolute Gasteiger partial charge is 0.497 e. The van der Waals surface area contributed by atoms with Gasteiger partial charge in [-0.25, -0.2) is 9.59 Å². The summed E-state index contributed by atoms with van der Waals surface area (Å²) in [7, 11) is 4.65. The molecule has 6 aromatic rings. The summed E-state index contributed by atoms with van der Waals surface area (Å²) in [6, 6.07) is 49.6. The number of fused-ring (bicyclic) bond motifs is 1. The van der Waals surface area contributed by atoms with E-state index in [2.05, 4.69) is 0 Å². The number of benzene rings is 6. The molecular formula is C82H99N3O21Se2. The molecule has 0 unspecified atom stereocenters. The Morgan fingerprint density at radius 3 is 1.17 bits per heavy atom. The average Bonchev–Trinajstić information content (AvgIpc) is 1.56. The second kappa shape index (κ2) is 36.8. The van der Waals surface area contributed by atoms with Crippen LogP contribution in [0.3, 0.4) is 0 Å². The summed E-state index contributed by atoms with van der Waals surface area (Å²) in [6.45, 7) is 14.3. The SMILES string of the molecule is COc1ccc(CN2C(=O)[C@H](CCO)[C@@H](C[Se]c3ccccc3)[C@]2(C(=O)O)C(=O)OC(C)(C)C)cc1.COc1ccc(CN2C(=O)[C@H](CCO)[C@@H](C[Se]c3ccccc3)[C@]2(C(=O)OCc2ccccc2)C(=O)OC(C)(C)C)cc1.COc1ccc(CN2C(=O)[C@H](CCO)[C@H]3COC(=O)[C@]32C(=O)OC(C)(C)C)cc1. The molecule has 108 heavy (non-hydrogen) atoms. The Labute approximate surface area is 643 Å². The number of carbonyl (C=O) groups excluding carboxylic acids is 8. The molecule has 4 fully saturated rings. The molecular weight excluding hydrogens is 1520 g/mol. The van der Waals surface area contributed by atoms with Crippen LogP contribution in [-0.4, -0.2) is 200 Å². The number of likely N-dealkylation sites (tertiary alicyclic amines) is 3. The molecule has 0 bridgehead atoms. The number of cyclic esters (lactones) is 1. The van der Waals surface area contributed by atoms with Crippen LogP contribution in [0.2, 0.25) is 10.6 Å². The van der Waals surface area contributed by atoms with Gasteiger partial charge in [0.2, 0.25) is 11.4 Å². The van der Waals surface area contributed by atoms with E-state index in [0.717, 1.165) is 25.0 Å². The minimum absolute atomic E-state index is 0.0285. The second-order valence-corrected chi connectivity index (χ2v) is 34.1. The van der Waals surface area contributed by atoms with E-state index in [-0.39, 0.29) is 114 Å². The summed E-state index contributed by atoms with van der Waals surface area (Å²) < 4.78 is 46.1. The Kier molecular flexibility index (Phi) is 28.8. The van der Waals surface area contributed by atoms with Crippen LogP contribution in [0, 0.1) is 35.5 Å². The van der Waals surface area contributed by atoms with Gasteiger partial charge >= 0.3 is 490 Å². The van der Waals surface area contributed by atoms with E-state index >= 15 is 0 Å². The smallest absolute Gasteiger partial charge is 0.344 e. The summed E-state index contributed by atoms with van der Waals surface area (Å²) in [5.41, 5.74) is -6.04. The Bertz CT molecular complexity index is 4060. The van der Waals surface area contributed by atoms with Gasteiger partial charge in [-0.3, -0.25) is 4.79 Å². The molecule has 4 aliphatic rings. The molecule has 4 heterocycles. The predicted molar refractivity (Wildman–Crippen MR) is 401 cm³/mol. The van der Waals surface area contributed by atoms with Gasteiger partial charge in [0.1, 0.15) is 11.4 Å². The van der Waals surface area contributed by atoms with Gasteiger partial charge in [0.15, 0.2) is 0 Å². The van der Waals surface area contributed by atoms with Gasteiger partial charge < -0.3 is 24.2 Å². The van der Waals surface area contributed by atoms with Crippen molar-refractivity contribution < 1.29 is 101 Å². The van der Waals surface area contributed by atoms with Crippen molar-refractivity contribution in [2.75, 3.05) is 47.8 Å². The number of carboxylic acid groups (broad SMARTS) is 1. The van der Waals surface area contributed by atoms with Crippen molar-refractivity contribution in [1.29, 1.82) is 0 Å². The van der Waals surface area contributed by atoms with Gasteiger partial charge in [-0.05, 0) is 44.9 Å². The molecule has 0 aromatic heterocycles. The van der Waals surface area contributed by atoms with Gasteiger partial charge in [0.05, 0.1) is 19.6 Å². The third-order valence-corrected chi connectivity index (χ3v) is 23.7. The van der Waals surface area contributed by atoms with Gasteiger partial charge in [0, 0.05) is 19.1 Å². The molecule has 0 saturated carbocycles. The first-order chi connectivity index (χ1) is 51.3. The fraction of sp³-hybridized carbons (Fsp3) is 0.451. The van der Waals surface area contributed by atoms with Gasteiger partial charge in [-0.15, -0.1) is 0 Å². The topological polar surface area (TPSA) is 318 Å². The van der Waals surface area contributed by atoms with Crippen LogP contribution in [-0.2, 0) is 93.1 Å². The first-order valence-corrected chi connectivity index (χ1v) is 39.8. The zero-order valence-corrected chi connectivity index (χ0v) is 66.6. The Morgan fingerprint density at radius 1 is 0.444 bits per heavy atom.